The van der Waals surface area contributed by atoms with Crippen LogP contribution in [-0.2, 0) is 15.4 Å². The van der Waals surface area contributed by atoms with E-state index in [9.17, 15) is 8.42 Å². The molecule has 3 aromatic rings. The Morgan fingerprint density at radius 3 is 2.57 bits per heavy atom. The summed E-state index contributed by atoms with van der Waals surface area (Å²) in [6.07, 6.45) is 4.84. The highest BCUT2D eigenvalue weighted by atomic mass is 79.9. The van der Waals surface area contributed by atoms with Crippen LogP contribution in [0.25, 0.3) is 10.9 Å². The summed E-state index contributed by atoms with van der Waals surface area (Å²) in [7, 11) is -3.62. The first-order chi connectivity index (χ1) is 16.4. The minimum absolute atomic E-state index is 0.0416. The lowest BCUT2D eigenvalue weighted by atomic mass is 9.69. The van der Waals surface area contributed by atoms with E-state index in [0.29, 0.717) is 5.92 Å². The zero-order valence-corrected chi connectivity index (χ0v) is 23.3. The van der Waals surface area contributed by atoms with Crippen molar-refractivity contribution < 1.29 is 8.42 Å². The molecule has 3 aliphatic rings. The third kappa shape index (κ3) is 3.05. The number of para-hydroxylation sites is 1. The molecule has 0 saturated heterocycles. The lowest BCUT2D eigenvalue weighted by molar-refractivity contribution is 0.181. The highest BCUT2D eigenvalue weighted by Gasteiger charge is 2.62. The molecule has 6 heteroatoms. The molecule has 6 rings (SSSR count). The Hall–Kier alpha value is -2.05. The highest BCUT2D eigenvalue weighted by Crippen LogP contribution is 2.68. The van der Waals surface area contributed by atoms with E-state index in [1.807, 2.05) is 30.5 Å². The van der Waals surface area contributed by atoms with E-state index in [-0.39, 0.29) is 28.0 Å². The fourth-order valence-corrected chi connectivity index (χ4v) is 10.1. The van der Waals surface area contributed by atoms with Crippen LogP contribution >= 0.6 is 15.9 Å². The molecular weight excluding hydrogens is 520 g/mol. The number of allylic oxidation sites excluding steroid dienone is 1. The number of halogens is 1. The van der Waals surface area contributed by atoms with Crippen LogP contribution in [0.5, 0.6) is 0 Å². The van der Waals surface area contributed by atoms with Crippen LogP contribution in [0.15, 0.2) is 65.3 Å². The normalized spacial score (nSPS) is 28.4. The largest absolute Gasteiger partial charge is 0.377 e. The predicted molar refractivity (Wildman–Crippen MR) is 147 cm³/mol. The van der Waals surface area contributed by atoms with Gasteiger partial charge in [-0.3, -0.25) is 0 Å². The van der Waals surface area contributed by atoms with Crippen LogP contribution in [0.2, 0.25) is 0 Å². The Balaban J connectivity index is 1.47. The van der Waals surface area contributed by atoms with Crippen molar-refractivity contribution in [3.05, 3.63) is 76.4 Å². The summed E-state index contributed by atoms with van der Waals surface area (Å²) in [6, 6.07) is 14.2. The standard InChI is InChI=1S/C29H33BrN2O2S/c1-18-14-19-12-13-29(18,28(19,4)5)17-35(33,34)32-16-22(21-8-6-7-9-25(21)32)26-27(2,3)23-15-20(30)10-11-24(23)31-26/h6-11,15-16,19,26,31H,1,12-14,17H2,2-5H3/t19-,26?,29+/m0/s1. The van der Waals surface area contributed by atoms with Gasteiger partial charge in [0.25, 0.3) is 0 Å². The molecule has 2 fully saturated rings. The maximum absolute atomic E-state index is 14.2. The molecule has 3 atom stereocenters. The van der Waals surface area contributed by atoms with Crippen molar-refractivity contribution in [1.29, 1.82) is 0 Å². The van der Waals surface area contributed by atoms with E-state index in [1.165, 1.54) is 5.56 Å². The number of anilines is 1. The zero-order chi connectivity index (χ0) is 25.0. The van der Waals surface area contributed by atoms with Gasteiger partial charge in [-0.05, 0) is 60.4 Å². The van der Waals surface area contributed by atoms with Crippen LogP contribution in [0.3, 0.4) is 0 Å². The van der Waals surface area contributed by atoms with Gasteiger partial charge in [0.2, 0.25) is 10.0 Å². The third-order valence-electron chi connectivity index (χ3n) is 9.79. The van der Waals surface area contributed by atoms with Gasteiger partial charge < -0.3 is 5.32 Å². The smallest absolute Gasteiger partial charge is 0.239 e. The number of nitrogens with zero attached hydrogens (tertiary/aromatic N) is 1. The lowest BCUT2D eigenvalue weighted by Gasteiger charge is -2.38. The van der Waals surface area contributed by atoms with E-state index in [0.717, 1.165) is 51.5 Å². The van der Waals surface area contributed by atoms with Crippen molar-refractivity contribution in [2.75, 3.05) is 11.1 Å². The Morgan fingerprint density at radius 1 is 1.14 bits per heavy atom. The van der Waals surface area contributed by atoms with Crippen molar-refractivity contribution in [1.82, 2.24) is 3.97 Å². The Morgan fingerprint density at radius 2 is 1.89 bits per heavy atom. The molecular formula is C29H33BrN2O2S. The van der Waals surface area contributed by atoms with Gasteiger partial charge in [-0.25, -0.2) is 12.4 Å². The average molecular weight is 554 g/mol. The third-order valence-corrected chi connectivity index (χ3v) is 12.0. The summed E-state index contributed by atoms with van der Waals surface area (Å²) in [5.74, 6) is 0.651. The molecule has 1 aromatic heterocycles. The van der Waals surface area contributed by atoms with Crippen LogP contribution < -0.4 is 5.32 Å². The molecule has 0 spiro atoms. The molecule has 2 bridgehead atoms. The maximum atomic E-state index is 14.2. The van der Waals surface area contributed by atoms with Gasteiger partial charge in [0.15, 0.2) is 0 Å². The van der Waals surface area contributed by atoms with E-state index in [1.54, 1.807) is 3.97 Å². The van der Waals surface area contributed by atoms with Crippen molar-refractivity contribution in [2.24, 2.45) is 16.7 Å². The molecule has 4 nitrogen and oxygen atoms in total. The van der Waals surface area contributed by atoms with Crippen molar-refractivity contribution in [2.45, 2.75) is 58.4 Å². The summed E-state index contributed by atoms with van der Waals surface area (Å²) < 4.78 is 30.9. The molecule has 1 aliphatic heterocycles. The molecule has 2 heterocycles. The number of hydrogen-bond donors (Lipinski definition) is 1. The first-order valence-corrected chi connectivity index (χ1v) is 14.9. The first-order valence-electron chi connectivity index (χ1n) is 12.5. The summed E-state index contributed by atoms with van der Waals surface area (Å²) in [6.45, 7) is 13.3. The van der Waals surface area contributed by atoms with E-state index < -0.39 is 10.0 Å². The molecule has 35 heavy (non-hydrogen) atoms. The van der Waals surface area contributed by atoms with Crippen LogP contribution in [-0.4, -0.2) is 18.1 Å². The number of benzene rings is 2. The van der Waals surface area contributed by atoms with Crippen molar-refractivity contribution >= 4 is 42.5 Å². The number of nitrogens with one attached hydrogen (secondary N) is 1. The quantitative estimate of drug-likeness (QED) is 0.343. The summed E-state index contributed by atoms with van der Waals surface area (Å²) >= 11 is 3.62. The predicted octanol–water partition coefficient (Wildman–Crippen LogP) is 7.41. The second-order valence-corrected chi connectivity index (χ2v) is 14.8. The van der Waals surface area contributed by atoms with E-state index in [2.05, 4.69) is 73.7 Å². The second-order valence-electron chi connectivity index (χ2n) is 12.0. The topological polar surface area (TPSA) is 51.1 Å². The van der Waals surface area contributed by atoms with Gasteiger partial charge in [-0.1, -0.05) is 74.0 Å². The van der Waals surface area contributed by atoms with Crippen LogP contribution in [0, 0.1) is 16.7 Å². The molecule has 2 aromatic carbocycles. The van der Waals surface area contributed by atoms with Gasteiger partial charge in [-0.15, -0.1) is 0 Å². The van der Waals surface area contributed by atoms with Gasteiger partial charge in [0.1, 0.15) is 0 Å². The molecule has 1 unspecified atom stereocenters. The molecule has 0 amide bonds. The van der Waals surface area contributed by atoms with E-state index in [4.69, 9.17) is 0 Å². The molecule has 1 N–H and O–H groups in total. The highest BCUT2D eigenvalue weighted by molar-refractivity contribution is 9.10. The minimum atomic E-state index is -3.62. The number of aromatic nitrogens is 1. The zero-order valence-electron chi connectivity index (χ0n) is 20.9. The van der Waals surface area contributed by atoms with Gasteiger partial charge in [0.05, 0.1) is 17.3 Å². The van der Waals surface area contributed by atoms with Crippen LogP contribution in [0.4, 0.5) is 5.69 Å². The number of fused-ring (bicyclic) bond motifs is 4. The molecule has 2 saturated carbocycles. The molecule has 2 aliphatic carbocycles. The fraction of sp³-hybridized carbons (Fsp3) is 0.448. The molecule has 184 valence electrons. The fourth-order valence-electron chi connectivity index (χ4n) is 7.49. The van der Waals surface area contributed by atoms with Gasteiger partial charge in [-0.2, -0.15) is 0 Å². The maximum Gasteiger partial charge on any atom is 0.239 e. The van der Waals surface area contributed by atoms with Crippen LogP contribution in [0.1, 0.15) is 64.1 Å². The van der Waals surface area contributed by atoms with E-state index >= 15 is 0 Å². The Kier molecular flexibility index (Phi) is 4.84. The number of rotatable bonds is 4. The molecule has 0 radical (unpaired) electrons. The van der Waals surface area contributed by atoms with Crippen molar-refractivity contribution in [3.63, 3.8) is 0 Å². The van der Waals surface area contributed by atoms with Gasteiger partial charge in [0, 0.05) is 38.1 Å². The van der Waals surface area contributed by atoms with Gasteiger partial charge >= 0.3 is 0 Å². The van der Waals surface area contributed by atoms with Crippen molar-refractivity contribution in [3.8, 4) is 0 Å². The lowest BCUT2D eigenvalue weighted by Crippen LogP contribution is -2.39. The summed E-state index contributed by atoms with van der Waals surface area (Å²) in [4.78, 5) is 0. The summed E-state index contributed by atoms with van der Waals surface area (Å²) in [5.41, 5.74) is 4.62. The first kappa shape index (κ1) is 23.4. The SMILES string of the molecule is C=C1C[C@@H]2CC[C@]1(CS(=O)(=O)n1cc(C3Nc4ccc(Br)cc4C3(C)C)c3ccccc31)C2(C)C. The Labute approximate surface area is 217 Å². The average Bonchev–Trinajstić information content (AvgIpc) is 3.42. The second kappa shape index (κ2) is 7.25. The Bertz CT molecular complexity index is 1500. The monoisotopic (exact) mass is 552 g/mol. The minimum Gasteiger partial charge on any atom is -0.377 e. The number of hydrogen-bond acceptors (Lipinski definition) is 3. The summed E-state index contributed by atoms with van der Waals surface area (Å²) in [5, 5.41) is 4.69.